The van der Waals surface area contributed by atoms with E-state index in [1.807, 2.05) is 22.8 Å². The van der Waals surface area contributed by atoms with Crippen molar-refractivity contribution in [3.8, 4) is 0 Å². The van der Waals surface area contributed by atoms with E-state index >= 15 is 0 Å². The number of nitrogen functional groups attached to an aromatic ring is 1. The highest BCUT2D eigenvalue weighted by atomic mass is 16.5. The van der Waals surface area contributed by atoms with Gasteiger partial charge in [0.15, 0.2) is 0 Å². The maximum Gasteiger partial charge on any atom is 0.122 e. The molecular weight excluding hydrogens is 204 g/mol. The standard InChI is InChI=1S/C11H14N4O/c1-16-5-4-15-7-14-9-6-8(11(12)13)2-3-10(9)15/h2-3,6-7H,4-5H2,1H3,(H3,12,13). The maximum absolute atomic E-state index is 7.35. The van der Waals surface area contributed by atoms with Gasteiger partial charge in [-0.3, -0.25) is 5.41 Å². The van der Waals surface area contributed by atoms with Gasteiger partial charge in [0.2, 0.25) is 0 Å². The minimum atomic E-state index is 0.0633. The summed E-state index contributed by atoms with van der Waals surface area (Å²) in [4.78, 5) is 4.27. The second-order valence-corrected chi connectivity index (χ2v) is 3.55. The van der Waals surface area contributed by atoms with Crippen molar-refractivity contribution in [3.05, 3.63) is 30.1 Å². The number of nitrogens with one attached hydrogen (secondary N) is 1. The van der Waals surface area contributed by atoms with Crippen molar-refractivity contribution in [3.63, 3.8) is 0 Å². The number of hydrogen-bond acceptors (Lipinski definition) is 3. The number of nitrogens with zero attached hydrogens (tertiary/aromatic N) is 2. The van der Waals surface area contributed by atoms with Gasteiger partial charge in [0.25, 0.3) is 0 Å². The number of fused-ring (bicyclic) bond motifs is 1. The highest BCUT2D eigenvalue weighted by Gasteiger charge is 2.04. The molecule has 0 aliphatic heterocycles. The molecule has 0 bridgehead atoms. The highest BCUT2D eigenvalue weighted by Crippen LogP contribution is 2.14. The summed E-state index contributed by atoms with van der Waals surface area (Å²) in [7, 11) is 1.67. The number of hydrogen-bond donors (Lipinski definition) is 2. The quantitative estimate of drug-likeness (QED) is 0.593. The zero-order valence-electron chi connectivity index (χ0n) is 9.10. The first kappa shape index (κ1) is 10.6. The summed E-state index contributed by atoms with van der Waals surface area (Å²) >= 11 is 0. The Kier molecular flexibility index (Phi) is 2.87. The van der Waals surface area contributed by atoms with E-state index in [1.165, 1.54) is 0 Å². The first-order chi connectivity index (χ1) is 7.72. The number of methoxy groups -OCH3 is 1. The minimum absolute atomic E-state index is 0.0633. The number of imidazole rings is 1. The monoisotopic (exact) mass is 218 g/mol. The lowest BCUT2D eigenvalue weighted by molar-refractivity contribution is 0.188. The van der Waals surface area contributed by atoms with Gasteiger partial charge in [-0.25, -0.2) is 4.98 Å². The summed E-state index contributed by atoms with van der Waals surface area (Å²) in [5.74, 6) is 0.0633. The molecule has 5 nitrogen and oxygen atoms in total. The van der Waals surface area contributed by atoms with Crippen LogP contribution in [0.2, 0.25) is 0 Å². The largest absolute Gasteiger partial charge is 0.384 e. The van der Waals surface area contributed by atoms with Crippen molar-refractivity contribution >= 4 is 16.9 Å². The van der Waals surface area contributed by atoms with Crippen LogP contribution < -0.4 is 5.73 Å². The number of aromatic nitrogens is 2. The van der Waals surface area contributed by atoms with Gasteiger partial charge in [0.1, 0.15) is 5.84 Å². The SMILES string of the molecule is COCCn1cnc2cc(C(=N)N)ccc21. The van der Waals surface area contributed by atoms with E-state index in [2.05, 4.69) is 4.98 Å². The van der Waals surface area contributed by atoms with Crippen LogP contribution >= 0.6 is 0 Å². The average Bonchev–Trinajstić information content (AvgIpc) is 2.68. The fourth-order valence-electron chi connectivity index (χ4n) is 1.60. The maximum atomic E-state index is 7.35. The molecular formula is C11H14N4O. The molecule has 0 fully saturated rings. The molecule has 0 radical (unpaired) electrons. The Bertz CT molecular complexity index is 518. The van der Waals surface area contributed by atoms with Gasteiger partial charge in [-0.15, -0.1) is 0 Å². The second-order valence-electron chi connectivity index (χ2n) is 3.55. The lowest BCUT2D eigenvalue weighted by Gasteiger charge is -2.03. The van der Waals surface area contributed by atoms with Crippen LogP contribution in [0.4, 0.5) is 0 Å². The van der Waals surface area contributed by atoms with E-state index in [0.717, 1.165) is 17.6 Å². The van der Waals surface area contributed by atoms with Crippen LogP contribution in [0.25, 0.3) is 11.0 Å². The summed E-state index contributed by atoms with van der Waals surface area (Å²) in [5, 5.41) is 7.35. The third kappa shape index (κ3) is 1.90. The minimum Gasteiger partial charge on any atom is -0.384 e. The Labute approximate surface area is 93.4 Å². The molecule has 84 valence electrons. The van der Waals surface area contributed by atoms with Crippen LogP contribution in [0.3, 0.4) is 0 Å². The fraction of sp³-hybridized carbons (Fsp3) is 0.273. The molecule has 1 aromatic heterocycles. The van der Waals surface area contributed by atoms with E-state index in [1.54, 1.807) is 13.4 Å². The van der Waals surface area contributed by atoms with Crippen molar-refractivity contribution in [2.75, 3.05) is 13.7 Å². The van der Waals surface area contributed by atoms with E-state index < -0.39 is 0 Å². The van der Waals surface area contributed by atoms with E-state index in [9.17, 15) is 0 Å². The summed E-state index contributed by atoms with van der Waals surface area (Å²) in [6, 6.07) is 5.57. The summed E-state index contributed by atoms with van der Waals surface area (Å²) in [6.45, 7) is 1.42. The summed E-state index contributed by atoms with van der Waals surface area (Å²) < 4.78 is 7.04. The second kappa shape index (κ2) is 4.32. The Morgan fingerprint density at radius 2 is 2.38 bits per heavy atom. The van der Waals surface area contributed by atoms with Gasteiger partial charge in [-0.05, 0) is 18.2 Å². The number of benzene rings is 1. The fourth-order valence-corrected chi connectivity index (χ4v) is 1.60. The Morgan fingerprint density at radius 3 is 3.06 bits per heavy atom. The van der Waals surface area contributed by atoms with Gasteiger partial charge >= 0.3 is 0 Å². The molecule has 2 aromatic rings. The zero-order chi connectivity index (χ0) is 11.5. The first-order valence-electron chi connectivity index (χ1n) is 5.00. The summed E-state index contributed by atoms with van der Waals surface area (Å²) in [5.41, 5.74) is 8.00. The molecule has 1 aromatic carbocycles. The molecule has 1 heterocycles. The van der Waals surface area contributed by atoms with Gasteiger partial charge in [-0.1, -0.05) is 0 Å². The third-order valence-electron chi connectivity index (χ3n) is 2.47. The Balaban J connectivity index is 2.38. The van der Waals surface area contributed by atoms with Crippen LogP contribution in [0.15, 0.2) is 24.5 Å². The van der Waals surface area contributed by atoms with Gasteiger partial charge in [0, 0.05) is 19.2 Å². The Hall–Kier alpha value is -1.88. The molecule has 0 aliphatic carbocycles. The molecule has 5 heteroatoms. The van der Waals surface area contributed by atoms with Crippen LogP contribution in [-0.4, -0.2) is 29.1 Å². The van der Waals surface area contributed by atoms with Crippen molar-refractivity contribution in [1.82, 2.24) is 9.55 Å². The molecule has 0 aliphatic rings. The van der Waals surface area contributed by atoms with Gasteiger partial charge < -0.3 is 15.0 Å². The highest BCUT2D eigenvalue weighted by molar-refractivity contribution is 5.97. The molecule has 0 amide bonds. The molecule has 0 saturated heterocycles. The topological polar surface area (TPSA) is 76.9 Å². The lowest BCUT2D eigenvalue weighted by Crippen LogP contribution is -2.10. The van der Waals surface area contributed by atoms with E-state index in [-0.39, 0.29) is 5.84 Å². The van der Waals surface area contributed by atoms with Crippen molar-refractivity contribution in [1.29, 1.82) is 5.41 Å². The van der Waals surface area contributed by atoms with Crippen molar-refractivity contribution in [2.24, 2.45) is 5.73 Å². The summed E-state index contributed by atoms with van der Waals surface area (Å²) in [6.07, 6.45) is 1.77. The van der Waals surface area contributed by atoms with E-state index in [0.29, 0.717) is 12.2 Å². The predicted octanol–water partition coefficient (Wildman–Crippen LogP) is 0.967. The van der Waals surface area contributed by atoms with Gasteiger partial charge in [-0.2, -0.15) is 0 Å². The molecule has 0 spiro atoms. The van der Waals surface area contributed by atoms with Crippen LogP contribution in [0.1, 0.15) is 5.56 Å². The van der Waals surface area contributed by atoms with Crippen LogP contribution in [0, 0.1) is 5.41 Å². The predicted molar refractivity (Wildman–Crippen MR) is 62.6 cm³/mol. The normalized spacial score (nSPS) is 10.8. The van der Waals surface area contributed by atoms with Crippen LogP contribution in [0.5, 0.6) is 0 Å². The zero-order valence-corrected chi connectivity index (χ0v) is 9.10. The molecule has 3 N–H and O–H groups in total. The number of nitrogens with two attached hydrogens (primary N) is 1. The van der Waals surface area contributed by atoms with E-state index in [4.69, 9.17) is 15.9 Å². The number of rotatable bonds is 4. The molecule has 0 atom stereocenters. The molecule has 16 heavy (non-hydrogen) atoms. The average molecular weight is 218 g/mol. The third-order valence-corrected chi connectivity index (χ3v) is 2.47. The smallest absolute Gasteiger partial charge is 0.122 e. The van der Waals surface area contributed by atoms with Crippen LogP contribution in [-0.2, 0) is 11.3 Å². The number of ether oxygens (including phenoxy) is 1. The number of amidine groups is 1. The Morgan fingerprint density at radius 1 is 1.56 bits per heavy atom. The molecule has 0 unspecified atom stereocenters. The molecule has 0 saturated carbocycles. The lowest BCUT2D eigenvalue weighted by atomic mass is 10.2. The molecule has 2 rings (SSSR count). The van der Waals surface area contributed by atoms with Gasteiger partial charge in [0.05, 0.1) is 24.0 Å². The van der Waals surface area contributed by atoms with Crippen molar-refractivity contribution < 1.29 is 4.74 Å². The first-order valence-corrected chi connectivity index (χ1v) is 5.00. The van der Waals surface area contributed by atoms with Crippen molar-refractivity contribution in [2.45, 2.75) is 6.54 Å².